The van der Waals surface area contributed by atoms with Gasteiger partial charge >= 0.3 is 0 Å². The lowest BCUT2D eigenvalue weighted by Gasteiger charge is -2.27. The number of nitrogens with zero attached hydrogens (tertiary/aromatic N) is 2. The Morgan fingerprint density at radius 1 is 0.328 bits per heavy atom. The van der Waals surface area contributed by atoms with Crippen LogP contribution in [0.25, 0.3) is 83.1 Å². The summed E-state index contributed by atoms with van der Waals surface area (Å²) in [4.78, 5) is 2.35. The number of hydrogen-bond donors (Lipinski definition) is 1. The molecule has 11 rings (SSSR count). The zero-order valence-electron chi connectivity index (χ0n) is 36.5. The molecule has 0 unspecified atom stereocenters. The molecule has 1 heterocycles. The second-order valence-corrected chi connectivity index (χ2v) is 16.8. The van der Waals surface area contributed by atoms with E-state index in [2.05, 4.69) is 210 Å². The van der Waals surface area contributed by atoms with Crippen LogP contribution in [0.5, 0.6) is 5.75 Å². The predicted octanol–water partition coefficient (Wildman–Crippen LogP) is 11.5. The van der Waals surface area contributed by atoms with Crippen LogP contribution in [0.3, 0.4) is 0 Å². The van der Waals surface area contributed by atoms with Gasteiger partial charge in [0.2, 0.25) is 0 Å². The molecule has 0 aliphatic carbocycles. The number of aromatic nitrogens is 1. The Morgan fingerprint density at radius 3 is 1.42 bits per heavy atom. The molecule has 11 aromatic rings. The first-order chi connectivity index (χ1) is 32.8. The molecule has 67 heavy (non-hydrogen) atoms. The van der Waals surface area contributed by atoms with Crippen molar-refractivity contribution in [3.05, 3.63) is 224 Å². The molecule has 3 nitrogen and oxygen atoms in total. The fourth-order valence-corrected chi connectivity index (χ4v) is 9.46. The van der Waals surface area contributed by atoms with Crippen LogP contribution in [-0.2, 0) is 0 Å². The van der Waals surface area contributed by atoms with Crippen LogP contribution in [0, 0.1) is 0 Å². The summed E-state index contributed by atoms with van der Waals surface area (Å²) < 4.78 is 2.33. The van der Waals surface area contributed by atoms with Gasteiger partial charge in [-0.1, -0.05) is 175 Å². The number of phenols is 1. The minimum atomic E-state index is -0.198. The molecule has 0 spiro atoms. The molecule has 1 N–H and O–H groups in total. The van der Waals surface area contributed by atoms with Gasteiger partial charge in [-0.25, -0.2) is 0 Å². The summed E-state index contributed by atoms with van der Waals surface area (Å²) >= 11 is 0. The minimum Gasteiger partial charge on any atom is -0.508 e. The van der Waals surface area contributed by atoms with Gasteiger partial charge in [0.15, 0.2) is 0 Å². The van der Waals surface area contributed by atoms with Crippen molar-refractivity contribution in [3.8, 4) is 67.1 Å². The maximum absolute atomic E-state index is 11.3. The SMILES string of the molecule is [B]c1c([B])c([B])c(-c2ccccc2-c2cccc(-n3c4ccccc4c4ccc(-c5cccc(N(c6cccc(-c7ccccc7)c6)c6cccc(-c7ccccc7)c6)c5)cc43)c2)c(O)c1[B]. The third-order valence-corrected chi connectivity index (χ3v) is 12.8. The maximum atomic E-state index is 11.3. The summed E-state index contributed by atoms with van der Waals surface area (Å²) in [6.45, 7) is 0. The molecular weight excluding hydrogens is 808 g/mol. The molecule has 0 aliphatic heterocycles. The van der Waals surface area contributed by atoms with E-state index in [-0.39, 0.29) is 27.6 Å². The number of fused-ring (bicyclic) bond motifs is 3. The third kappa shape index (κ3) is 7.53. The Hall–Kier alpha value is -8.14. The largest absolute Gasteiger partial charge is 0.508 e. The normalized spacial score (nSPS) is 11.3. The topological polar surface area (TPSA) is 28.4 Å². The molecule has 0 amide bonds. The lowest BCUT2D eigenvalue weighted by atomic mass is 9.64. The minimum absolute atomic E-state index is 0.000826. The first kappa shape index (κ1) is 41.6. The number of benzene rings is 10. The number of hydrogen-bond acceptors (Lipinski definition) is 2. The summed E-state index contributed by atoms with van der Waals surface area (Å²) in [7, 11) is 25.2. The van der Waals surface area contributed by atoms with Crippen molar-refractivity contribution in [2.75, 3.05) is 4.90 Å². The first-order valence-corrected chi connectivity index (χ1v) is 22.2. The van der Waals surface area contributed by atoms with E-state index in [4.69, 9.17) is 31.4 Å². The molecule has 0 saturated carbocycles. The molecular formula is C60H38B4N2O. The Balaban J connectivity index is 1.04. The van der Waals surface area contributed by atoms with E-state index in [1.54, 1.807) is 0 Å². The van der Waals surface area contributed by atoms with E-state index in [0.717, 1.165) is 89.1 Å². The van der Waals surface area contributed by atoms with Gasteiger partial charge in [-0.3, -0.25) is 0 Å². The number of aromatic hydroxyl groups is 1. The molecule has 306 valence electrons. The van der Waals surface area contributed by atoms with Crippen molar-refractivity contribution < 1.29 is 5.11 Å². The van der Waals surface area contributed by atoms with E-state index in [1.807, 2.05) is 24.3 Å². The zero-order valence-corrected chi connectivity index (χ0v) is 36.5. The standard InChI is InChI=1S/C60H38B4N2O/c61-56-55(60(67)59(64)58(63)57(56)62)52-29-8-7-27-49(52)44-22-14-26-48(36-44)66-53-30-10-9-28-50(53)51-32-31-43(37-54(51)66)42-21-13-25-47(35-42)65(45-23-11-19-40(33-45)38-15-3-1-4-16-38)46-24-12-20-41(34-46)39-17-5-2-6-18-39/h1-37,67H. The number of rotatable bonds is 9. The quantitative estimate of drug-likeness (QED) is 0.147. The van der Waals surface area contributed by atoms with Gasteiger partial charge in [-0.05, 0) is 111 Å². The molecule has 8 radical (unpaired) electrons. The van der Waals surface area contributed by atoms with Crippen LogP contribution < -0.4 is 26.8 Å². The lowest BCUT2D eigenvalue weighted by Crippen LogP contribution is -2.48. The van der Waals surface area contributed by atoms with E-state index >= 15 is 0 Å². The molecule has 0 fully saturated rings. The van der Waals surface area contributed by atoms with Crippen LogP contribution in [0.4, 0.5) is 17.1 Å². The summed E-state index contributed by atoms with van der Waals surface area (Å²) in [5.41, 5.74) is 16.2. The Bertz CT molecular complexity index is 3550. The van der Waals surface area contributed by atoms with E-state index in [1.165, 1.54) is 0 Å². The van der Waals surface area contributed by atoms with Crippen LogP contribution in [0.2, 0.25) is 0 Å². The summed E-state index contributed by atoms with van der Waals surface area (Å²) in [6.07, 6.45) is 0. The Labute approximate surface area is 396 Å². The highest BCUT2D eigenvalue weighted by Crippen LogP contribution is 2.42. The number of para-hydroxylation sites is 1. The smallest absolute Gasteiger partial charge is 0.118 e. The highest BCUT2D eigenvalue weighted by atomic mass is 16.3. The first-order valence-electron chi connectivity index (χ1n) is 22.2. The van der Waals surface area contributed by atoms with Crippen LogP contribution >= 0.6 is 0 Å². The number of anilines is 3. The molecule has 0 bridgehead atoms. The average Bonchev–Trinajstić information content (AvgIpc) is 3.72. The summed E-state index contributed by atoms with van der Waals surface area (Å²) in [6, 6.07) is 78.8. The van der Waals surface area contributed by atoms with Crippen molar-refractivity contribution in [2.24, 2.45) is 0 Å². The van der Waals surface area contributed by atoms with Crippen LogP contribution in [0.1, 0.15) is 0 Å². The molecule has 0 atom stereocenters. The fourth-order valence-electron chi connectivity index (χ4n) is 9.46. The average molecular weight is 846 g/mol. The van der Waals surface area contributed by atoms with Gasteiger partial charge in [0.05, 0.1) is 11.0 Å². The third-order valence-electron chi connectivity index (χ3n) is 12.8. The number of phenolic OH excluding ortho intramolecular Hbond substituents is 1. The van der Waals surface area contributed by atoms with Crippen LogP contribution in [0.15, 0.2) is 224 Å². The summed E-state index contributed by atoms with van der Waals surface area (Å²) in [5, 5.41) is 13.6. The van der Waals surface area contributed by atoms with E-state index in [9.17, 15) is 5.11 Å². The molecule has 1 aromatic heterocycles. The Morgan fingerprint density at radius 2 is 0.791 bits per heavy atom. The Kier molecular flexibility index (Phi) is 10.8. The molecule has 0 saturated heterocycles. The second-order valence-electron chi connectivity index (χ2n) is 16.8. The lowest BCUT2D eigenvalue weighted by molar-refractivity contribution is 0.482. The fraction of sp³-hybridized carbons (Fsp3) is 0. The van der Waals surface area contributed by atoms with Gasteiger partial charge in [0, 0.05) is 39.1 Å². The predicted molar refractivity (Wildman–Crippen MR) is 286 cm³/mol. The summed E-state index contributed by atoms with van der Waals surface area (Å²) in [5.74, 6) is -0.198. The monoisotopic (exact) mass is 846 g/mol. The van der Waals surface area contributed by atoms with Gasteiger partial charge < -0.3 is 14.6 Å². The van der Waals surface area contributed by atoms with Crippen LogP contribution in [-0.4, -0.2) is 41.1 Å². The zero-order chi connectivity index (χ0) is 45.6. The van der Waals surface area contributed by atoms with Crippen molar-refractivity contribution in [2.45, 2.75) is 0 Å². The molecule has 7 heteroatoms. The van der Waals surface area contributed by atoms with E-state index in [0.29, 0.717) is 11.1 Å². The maximum Gasteiger partial charge on any atom is 0.118 e. The molecule has 10 aromatic carbocycles. The highest BCUT2D eigenvalue weighted by molar-refractivity contribution is 6.64. The van der Waals surface area contributed by atoms with Gasteiger partial charge in [0.1, 0.15) is 37.1 Å². The van der Waals surface area contributed by atoms with Crippen molar-refractivity contribution in [3.63, 3.8) is 0 Å². The van der Waals surface area contributed by atoms with Crippen molar-refractivity contribution in [1.82, 2.24) is 4.57 Å². The van der Waals surface area contributed by atoms with Gasteiger partial charge in [-0.2, -0.15) is 0 Å². The van der Waals surface area contributed by atoms with Gasteiger partial charge in [0.25, 0.3) is 0 Å². The molecule has 0 aliphatic rings. The van der Waals surface area contributed by atoms with E-state index < -0.39 is 0 Å². The second kappa shape index (κ2) is 17.3. The van der Waals surface area contributed by atoms with Crippen molar-refractivity contribution in [1.29, 1.82) is 0 Å². The van der Waals surface area contributed by atoms with Crippen molar-refractivity contribution >= 4 is 92.1 Å². The highest BCUT2D eigenvalue weighted by Gasteiger charge is 2.20. The van der Waals surface area contributed by atoms with Gasteiger partial charge in [-0.15, -0.1) is 10.9 Å².